The van der Waals surface area contributed by atoms with E-state index < -0.39 is 23.9 Å². The Kier molecular flexibility index (Phi) is 7.61. The summed E-state index contributed by atoms with van der Waals surface area (Å²) in [6.45, 7) is 1.85. The number of amides is 1. The molecule has 2 atom stereocenters. The van der Waals surface area contributed by atoms with Crippen LogP contribution in [0.25, 0.3) is 0 Å². The number of carboxylic acids is 2. The molecule has 1 aromatic carbocycles. The quantitative estimate of drug-likeness (QED) is 0.249. The average Bonchev–Trinajstić information content (AvgIpc) is 2.77. The first kappa shape index (κ1) is 23.7. The van der Waals surface area contributed by atoms with Gasteiger partial charge in [-0.15, -0.1) is 0 Å². The highest BCUT2D eigenvalue weighted by Gasteiger charge is 2.23. The van der Waals surface area contributed by atoms with E-state index in [4.69, 9.17) is 15.9 Å². The third kappa shape index (κ3) is 6.53. The van der Waals surface area contributed by atoms with Crippen molar-refractivity contribution in [3.8, 4) is 0 Å². The summed E-state index contributed by atoms with van der Waals surface area (Å²) < 4.78 is 0. The molecule has 0 fully saturated rings. The number of carbonyl (C=O) groups is 3. The average molecular weight is 458 g/mol. The molecule has 0 saturated carbocycles. The minimum Gasteiger partial charge on any atom is -0.481 e. The van der Waals surface area contributed by atoms with E-state index in [1.165, 1.54) is 0 Å². The number of hydrogen-bond donors (Lipinski definition) is 7. The molecule has 0 saturated heterocycles. The summed E-state index contributed by atoms with van der Waals surface area (Å²) in [4.78, 5) is 52.8. The first-order valence-electron chi connectivity index (χ1n) is 10.4. The summed E-state index contributed by atoms with van der Waals surface area (Å²) >= 11 is 0. The molecule has 0 radical (unpaired) electrons. The SMILES string of the molecule is Nc1nc2c(c(=O)[nH]1)C[C@@H](CNCc1ccc(C(=O)N[C@@H](CCC(=O)O)C(=O)O)cc1)CN2. The summed E-state index contributed by atoms with van der Waals surface area (Å²) in [5.41, 5.74) is 7.10. The van der Waals surface area contributed by atoms with Gasteiger partial charge in [0.05, 0.1) is 5.56 Å². The van der Waals surface area contributed by atoms with Crippen LogP contribution < -0.4 is 27.2 Å². The number of carbonyl (C=O) groups excluding carboxylic acids is 1. The Labute approximate surface area is 188 Å². The minimum absolute atomic E-state index is 0.0821. The number of hydrogen-bond acceptors (Lipinski definition) is 8. The fraction of sp³-hybridized carbons (Fsp3) is 0.381. The number of fused-ring (bicyclic) bond motifs is 1. The predicted molar refractivity (Wildman–Crippen MR) is 119 cm³/mol. The van der Waals surface area contributed by atoms with Gasteiger partial charge in [-0.2, -0.15) is 4.98 Å². The van der Waals surface area contributed by atoms with Crippen LogP contribution in [0.2, 0.25) is 0 Å². The van der Waals surface area contributed by atoms with Crippen LogP contribution in [0, 0.1) is 5.92 Å². The van der Waals surface area contributed by atoms with Crippen LogP contribution in [0.15, 0.2) is 29.1 Å². The van der Waals surface area contributed by atoms with E-state index in [1.807, 2.05) is 0 Å². The highest BCUT2D eigenvalue weighted by molar-refractivity contribution is 5.96. The van der Waals surface area contributed by atoms with Crippen LogP contribution in [-0.4, -0.2) is 57.2 Å². The van der Waals surface area contributed by atoms with E-state index in [2.05, 4.69) is 25.9 Å². The van der Waals surface area contributed by atoms with E-state index in [9.17, 15) is 19.2 Å². The van der Waals surface area contributed by atoms with Crippen molar-refractivity contribution >= 4 is 29.6 Å². The molecule has 33 heavy (non-hydrogen) atoms. The molecule has 0 aliphatic carbocycles. The summed E-state index contributed by atoms with van der Waals surface area (Å²) in [6, 6.07) is 5.39. The van der Waals surface area contributed by atoms with Crippen LogP contribution >= 0.6 is 0 Å². The third-order valence-electron chi connectivity index (χ3n) is 5.31. The van der Waals surface area contributed by atoms with Gasteiger partial charge in [-0.1, -0.05) is 12.1 Å². The normalized spacial score (nSPS) is 15.7. The van der Waals surface area contributed by atoms with E-state index in [-0.39, 0.29) is 35.8 Å². The maximum absolute atomic E-state index is 12.3. The van der Waals surface area contributed by atoms with E-state index in [1.54, 1.807) is 24.3 Å². The zero-order chi connectivity index (χ0) is 24.0. The van der Waals surface area contributed by atoms with Crippen LogP contribution in [0.4, 0.5) is 11.8 Å². The molecule has 12 nitrogen and oxygen atoms in total. The van der Waals surface area contributed by atoms with Crippen LogP contribution in [0.1, 0.15) is 34.3 Å². The number of nitrogens with one attached hydrogen (secondary N) is 4. The van der Waals surface area contributed by atoms with Gasteiger partial charge in [-0.25, -0.2) is 4.79 Å². The predicted octanol–water partition coefficient (Wildman–Crippen LogP) is -0.226. The van der Waals surface area contributed by atoms with E-state index in [0.29, 0.717) is 37.4 Å². The Hall–Kier alpha value is -3.93. The summed E-state index contributed by atoms with van der Waals surface area (Å²) in [6.07, 6.45) is 0.0147. The van der Waals surface area contributed by atoms with Gasteiger partial charge in [-0.3, -0.25) is 19.4 Å². The molecule has 0 unspecified atom stereocenters. The lowest BCUT2D eigenvalue weighted by molar-refractivity contribution is -0.140. The standard InChI is InChI=1S/C21H26N6O6/c22-21-26-17-14(19(31)27-21)7-12(10-24-17)9-23-8-11-1-3-13(4-2-11)18(30)25-15(20(32)33)5-6-16(28)29/h1-4,12,15,23H,5-10H2,(H,25,30)(H,28,29)(H,32,33)(H4,22,24,26,27,31)/t12-,15-/m0/s1. The van der Waals surface area contributed by atoms with Crippen LogP contribution in [-0.2, 0) is 22.6 Å². The van der Waals surface area contributed by atoms with Crippen molar-refractivity contribution in [1.82, 2.24) is 20.6 Å². The smallest absolute Gasteiger partial charge is 0.326 e. The fourth-order valence-electron chi connectivity index (χ4n) is 3.56. The zero-order valence-corrected chi connectivity index (χ0v) is 17.8. The van der Waals surface area contributed by atoms with Crippen molar-refractivity contribution in [2.45, 2.75) is 31.8 Å². The van der Waals surface area contributed by atoms with Crippen molar-refractivity contribution in [3.63, 3.8) is 0 Å². The van der Waals surface area contributed by atoms with Gasteiger partial charge in [0.25, 0.3) is 11.5 Å². The second-order valence-corrected chi connectivity index (χ2v) is 7.85. The molecule has 1 amide bonds. The number of benzene rings is 1. The number of aromatic amines is 1. The molecule has 1 aromatic heterocycles. The molecule has 1 aliphatic rings. The number of anilines is 2. The molecule has 12 heteroatoms. The van der Waals surface area contributed by atoms with Gasteiger partial charge in [0, 0.05) is 31.6 Å². The van der Waals surface area contributed by atoms with Gasteiger partial charge < -0.3 is 31.9 Å². The lowest BCUT2D eigenvalue weighted by Gasteiger charge is -2.25. The molecule has 1 aliphatic heterocycles. The number of carboxylic acid groups (broad SMARTS) is 2. The number of nitrogen functional groups attached to an aromatic ring is 1. The molecule has 2 heterocycles. The second kappa shape index (κ2) is 10.6. The summed E-state index contributed by atoms with van der Waals surface area (Å²) in [5, 5.41) is 26.7. The monoisotopic (exact) mass is 458 g/mol. The second-order valence-electron chi connectivity index (χ2n) is 7.85. The van der Waals surface area contributed by atoms with Crippen LogP contribution in [0.3, 0.4) is 0 Å². The zero-order valence-electron chi connectivity index (χ0n) is 17.8. The topological polar surface area (TPSA) is 200 Å². The van der Waals surface area contributed by atoms with Gasteiger partial charge in [-0.05, 0) is 36.5 Å². The van der Waals surface area contributed by atoms with Gasteiger partial charge in [0.2, 0.25) is 5.95 Å². The molecule has 0 spiro atoms. The van der Waals surface area contributed by atoms with Crippen molar-refractivity contribution in [3.05, 3.63) is 51.3 Å². The lowest BCUT2D eigenvalue weighted by Crippen LogP contribution is -2.41. The summed E-state index contributed by atoms with van der Waals surface area (Å²) in [7, 11) is 0. The lowest BCUT2D eigenvalue weighted by atomic mass is 9.96. The number of aliphatic carboxylic acids is 2. The third-order valence-corrected chi connectivity index (χ3v) is 5.31. The maximum Gasteiger partial charge on any atom is 0.326 e. The largest absolute Gasteiger partial charge is 0.481 e. The van der Waals surface area contributed by atoms with Gasteiger partial charge in [0.15, 0.2) is 0 Å². The first-order chi connectivity index (χ1) is 15.7. The molecule has 176 valence electrons. The Morgan fingerprint density at radius 1 is 1.21 bits per heavy atom. The van der Waals surface area contributed by atoms with E-state index in [0.717, 1.165) is 5.56 Å². The van der Waals surface area contributed by atoms with Gasteiger partial charge >= 0.3 is 11.9 Å². The Morgan fingerprint density at radius 2 is 1.94 bits per heavy atom. The van der Waals surface area contributed by atoms with Crippen molar-refractivity contribution < 1.29 is 24.6 Å². The van der Waals surface area contributed by atoms with Crippen molar-refractivity contribution in [2.24, 2.45) is 5.92 Å². The number of aromatic nitrogens is 2. The number of H-pyrrole nitrogens is 1. The highest BCUT2D eigenvalue weighted by Crippen LogP contribution is 2.19. The molecule has 8 N–H and O–H groups in total. The summed E-state index contributed by atoms with van der Waals surface area (Å²) in [5.74, 6) is -2.21. The van der Waals surface area contributed by atoms with Crippen molar-refractivity contribution in [2.75, 3.05) is 24.1 Å². The molecule has 2 aromatic rings. The molecule has 0 bridgehead atoms. The molecular formula is C21H26N6O6. The number of nitrogens with zero attached hydrogens (tertiary/aromatic N) is 1. The van der Waals surface area contributed by atoms with E-state index >= 15 is 0 Å². The highest BCUT2D eigenvalue weighted by atomic mass is 16.4. The molecule has 3 rings (SSSR count). The van der Waals surface area contributed by atoms with Crippen molar-refractivity contribution in [1.29, 1.82) is 0 Å². The Bertz CT molecular complexity index is 1080. The Morgan fingerprint density at radius 3 is 2.61 bits per heavy atom. The fourth-order valence-corrected chi connectivity index (χ4v) is 3.56. The minimum atomic E-state index is -1.29. The first-order valence-corrected chi connectivity index (χ1v) is 10.4. The number of rotatable bonds is 10. The van der Waals surface area contributed by atoms with Crippen LogP contribution in [0.5, 0.6) is 0 Å². The molecular weight excluding hydrogens is 432 g/mol. The maximum atomic E-state index is 12.3. The number of nitrogens with two attached hydrogens (primary N) is 1. The Balaban J connectivity index is 1.48. The van der Waals surface area contributed by atoms with Gasteiger partial charge in [0.1, 0.15) is 11.9 Å².